The molecule has 6 heteroatoms. The minimum Gasteiger partial charge on any atom is -0.493 e. The summed E-state index contributed by atoms with van der Waals surface area (Å²) in [6.07, 6.45) is 1.79. The summed E-state index contributed by atoms with van der Waals surface area (Å²) in [5.74, 6) is 0.0271. The van der Waals surface area contributed by atoms with E-state index >= 15 is 0 Å². The van der Waals surface area contributed by atoms with E-state index in [9.17, 15) is 9.59 Å². The number of hydrogen-bond acceptors (Lipinski definition) is 4. The molecule has 1 heterocycles. The maximum absolute atomic E-state index is 12.0. The van der Waals surface area contributed by atoms with E-state index in [1.54, 1.807) is 36.0 Å². The summed E-state index contributed by atoms with van der Waals surface area (Å²) in [6, 6.07) is 8.06. The normalized spacial score (nSPS) is 10.2. The second-order valence-electron chi connectivity index (χ2n) is 4.45. The highest BCUT2D eigenvalue weighted by Crippen LogP contribution is 2.28. The molecular formula is C15H16N2O4. The van der Waals surface area contributed by atoms with Gasteiger partial charge in [0.1, 0.15) is 0 Å². The fourth-order valence-electron chi connectivity index (χ4n) is 1.91. The number of Topliss-reactive ketones (excluding diaryl/α,β-unsaturated/α-hetero) is 1. The Labute approximate surface area is 122 Å². The zero-order valence-electron chi connectivity index (χ0n) is 11.8. The molecule has 0 fully saturated rings. The highest BCUT2D eigenvalue weighted by molar-refractivity contribution is 5.96. The first-order valence-corrected chi connectivity index (χ1v) is 6.28. The van der Waals surface area contributed by atoms with Gasteiger partial charge in [-0.2, -0.15) is 0 Å². The fourth-order valence-corrected chi connectivity index (χ4v) is 1.91. The van der Waals surface area contributed by atoms with Crippen LogP contribution < -0.4 is 15.2 Å². The van der Waals surface area contributed by atoms with Crippen LogP contribution in [0.4, 0.5) is 0 Å². The lowest BCUT2D eigenvalue weighted by molar-refractivity contribution is 0.0910. The molecule has 0 saturated carbocycles. The number of nitrogens with two attached hydrogens (primary N) is 1. The Kier molecular flexibility index (Phi) is 4.27. The maximum Gasteiger partial charge on any atom is 0.248 e. The average Bonchev–Trinajstić information content (AvgIpc) is 2.90. The summed E-state index contributed by atoms with van der Waals surface area (Å²) >= 11 is 0. The van der Waals surface area contributed by atoms with Gasteiger partial charge in [0.15, 0.2) is 18.1 Å². The van der Waals surface area contributed by atoms with E-state index < -0.39 is 5.91 Å². The smallest absolute Gasteiger partial charge is 0.248 e. The van der Waals surface area contributed by atoms with Crippen LogP contribution in [0.5, 0.6) is 11.5 Å². The van der Waals surface area contributed by atoms with Crippen molar-refractivity contribution in [1.29, 1.82) is 0 Å². The van der Waals surface area contributed by atoms with E-state index in [0.717, 1.165) is 0 Å². The van der Waals surface area contributed by atoms with Gasteiger partial charge in [-0.25, -0.2) is 0 Å². The van der Waals surface area contributed by atoms with Crippen molar-refractivity contribution in [2.45, 2.75) is 0 Å². The largest absolute Gasteiger partial charge is 0.493 e. The highest BCUT2D eigenvalue weighted by atomic mass is 16.5. The summed E-state index contributed by atoms with van der Waals surface area (Å²) < 4.78 is 12.3. The van der Waals surface area contributed by atoms with Gasteiger partial charge in [0.05, 0.1) is 12.8 Å². The van der Waals surface area contributed by atoms with Gasteiger partial charge in [-0.15, -0.1) is 0 Å². The number of hydrogen-bond donors (Lipinski definition) is 1. The Morgan fingerprint density at radius 2 is 2.00 bits per heavy atom. The molecule has 0 aliphatic rings. The lowest BCUT2D eigenvalue weighted by atomic mass is 10.2. The lowest BCUT2D eigenvalue weighted by Gasteiger charge is -2.11. The van der Waals surface area contributed by atoms with Gasteiger partial charge >= 0.3 is 0 Å². The number of aryl methyl sites for hydroxylation is 1. The van der Waals surface area contributed by atoms with E-state index in [-0.39, 0.29) is 12.4 Å². The van der Waals surface area contributed by atoms with Gasteiger partial charge in [0.25, 0.3) is 0 Å². The van der Waals surface area contributed by atoms with Crippen LogP contribution >= 0.6 is 0 Å². The molecule has 0 atom stereocenters. The second kappa shape index (κ2) is 6.13. The molecule has 1 amide bonds. The van der Waals surface area contributed by atoms with Crippen molar-refractivity contribution in [2.75, 3.05) is 13.7 Å². The van der Waals surface area contributed by atoms with Gasteiger partial charge in [0.2, 0.25) is 11.7 Å². The van der Waals surface area contributed by atoms with Crippen molar-refractivity contribution in [3.8, 4) is 11.5 Å². The summed E-state index contributed by atoms with van der Waals surface area (Å²) in [7, 11) is 3.24. The third kappa shape index (κ3) is 3.22. The van der Waals surface area contributed by atoms with E-state index in [0.29, 0.717) is 22.8 Å². The molecule has 6 nitrogen and oxygen atoms in total. The predicted molar refractivity (Wildman–Crippen MR) is 76.8 cm³/mol. The van der Waals surface area contributed by atoms with E-state index in [1.165, 1.54) is 19.2 Å². The molecule has 0 aliphatic carbocycles. The van der Waals surface area contributed by atoms with Crippen molar-refractivity contribution in [3.05, 3.63) is 47.8 Å². The quantitative estimate of drug-likeness (QED) is 0.814. The van der Waals surface area contributed by atoms with Gasteiger partial charge in [-0.3, -0.25) is 9.59 Å². The summed E-state index contributed by atoms with van der Waals surface area (Å²) in [6.45, 7) is -0.121. The van der Waals surface area contributed by atoms with Gasteiger partial charge in [-0.05, 0) is 30.3 Å². The number of nitrogens with zero attached hydrogens (tertiary/aromatic N) is 1. The van der Waals surface area contributed by atoms with Crippen LogP contribution in [-0.2, 0) is 7.05 Å². The summed E-state index contributed by atoms with van der Waals surface area (Å²) in [4.78, 5) is 23.1. The first-order chi connectivity index (χ1) is 10.0. The molecule has 21 heavy (non-hydrogen) atoms. The highest BCUT2D eigenvalue weighted by Gasteiger charge is 2.13. The van der Waals surface area contributed by atoms with Crippen LogP contribution in [0, 0.1) is 0 Å². The van der Waals surface area contributed by atoms with Crippen molar-refractivity contribution >= 4 is 11.7 Å². The topological polar surface area (TPSA) is 83.6 Å². The van der Waals surface area contributed by atoms with E-state index in [2.05, 4.69) is 0 Å². The SMILES string of the molecule is COc1cc(C(N)=O)ccc1OCC(=O)c1cccn1C. The number of ether oxygens (including phenoxy) is 2. The number of carbonyl (C=O) groups excluding carboxylic acids is 2. The van der Waals surface area contributed by atoms with Crippen LogP contribution in [0.15, 0.2) is 36.5 Å². The third-order valence-electron chi connectivity index (χ3n) is 3.04. The number of methoxy groups -OCH3 is 1. The van der Waals surface area contributed by atoms with Crippen molar-refractivity contribution in [3.63, 3.8) is 0 Å². The summed E-state index contributed by atoms with van der Waals surface area (Å²) in [5.41, 5.74) is 6.07. The Bertz CT molecular complexity index is 676. The Balaban J connectivity index is 2.11. The van der Waals surface area contributed by atoms with E-state index in [1.807, 2.05) is 0 Å². The first kappa shape index (κ1) is 14.6. The molecule has 1 aromatic carbocycles. The maximum atomic E-state index is 12.0. The number of ketones is 1. The Morgan fingerprint density at radius 3 is 2.57 bits per heavy atom. The zero-order chi connectivity index (χ0) is 15.4. The molecule has 0 aliphatic heterocycles. The molecule has 110 valence electrons. The molecule has 2 aromatic rings. The van der Waals surface area contributed by atoms with Crippen LogP contribution in [0.25, 0.3) is 0 Å². The fraction of sp³-hybridized carbons (Fsp3) is 0.200. The molecule has 1 aromatic heterocycles. The molecular weight excluding hydrogens is 272 g/mol. The first-order valence-electron chi connectivity index (χ1n) is 6.28. The third-order valence-corrected chi connectivity index (χ3v) is 3.04. The van der Waals surface area contributed by atoms with Crippen LogP contribution in [0.3, 0.4) is 0 Å². The van der Waals surface area contributed by atoms with E-state index in [4.69, 9.17) is 15.2 Å². The molecule has 2 N–H and O–H groups in total. The zero-order valence-corrected chi connectivity index (χ0v) is 11.8. The number of benzene rings is 1. The standard InChI is InChI=1S/C15H16N2O4/c1-17-7-3-4-11(17)12(18)9-21-13-6-5-10(15(16)19)8-14(13)20-2/h3-8H,9H2,1-2H3,(H2,16,19). The van der Waals surface area contributed by atoms with Gasteiger partial charge in [-0.1, -0.05) is 0 Å². The van der Waals surface area contributed by atoms with Gasteiger partial charge in [0, 0.05) is 18.8 Å². The number of primary amides is 1. The molecule has 0 spiro atoms. The molecule has 0 radical (unpaired) electrons. The Morgan fingerprint density at radius 1 is 1.24 bits per heavy atom. The van der Waals surface area contributed by atoms with Crippen molar-refractivity contribution in [2.24, 2.45) is 12.8 Å². The minimum atomic E-state index is -0.556. The Hall–Kier alpha value is -2.76. The number of rotatable bonds is 6. The van der Waals surface area contributed by atoms with Crippen LogP contribution in [0.2, 0.25) is 0 Å². The number of amides is 1. The number of carbonyl (C=O) groups is 2. The summed E-state index contributed by atoms with van der Waals surface area (Å²) in [5, 5.41) is 0. The van der Waals surface area contributed by atoms with Crippen molar-refractivity contribution < 1.29 is 19.1 Å². The van der Waals surface area contributed by atoms with Crippen LogP contribution in [0.1, 0.15) is 20.8 Å². The molecule has 0 bridgehead atoms. The lowest BCUT2D eigenvalue weighted by Crippen LogP contribution is -2.15. The number of aromatic nitrogens is 1. The average molecular weight is 288 g/mol. The second-order valence-corrected chi connectivity index (χ2v) is 4.45. The molecule has 0 unspecified atom stereocenters. The van der Waals surface area contributed by atoms with Crippen LogP contribution in [-0.4, -0.2) is 30.0 Å². The monoisotopic (exact) mass is 288 g/mol. The molecule has 0 saturated heterocycles. The van der Waals surface area contributed by atoms with Gasteiger partial charge < -0.3 is 19.8 Å². The molecule has 2 rings (SSSR count). The van der Waals surface area contributed by atoms with Crippen molar-refractivity contribution in [1.82, 2.24) is 4.57 Å². The predicted octanol–water partition coefficient (Wildman–Crippen LogP) is 1.39. The minimum absolute atomic E-state index is 0.121.